The lowest BCUT2D eigenvalue weighted by molar-refractivity contribution is -0.890. The van der Waals surface area contributed by atoms with Crippen molar-refractivity contribution >= 4 is 7.32 Å². The minimum Gasteiger partial charge on any atom is -0.871 e. The highest BCUT2D eigenvalue weighted by atomic mass is 16.6. The van der Waals surface area contributed by atoms with Crippen molar-refractivity contribution in [1.29, 1.82) is 0 Å². The van der Waals surface area contributed by atoms with E-state index >= 15 is 0 Å². The Hall–Kier alpha value is -4.04. The molecule has 0 heterocycles. The van der Waals surface area contributed by atoms with E-state index < -0.39 is 7.32 Å². The van der Waals surface area contributed by atoms with Gasteiger partial charge in [0.25, 0.3) is 0 Å². The molecule has 0 unspecified atom stereocenters. The molecule has 0 bridgehead atoms. The number of hydrogen-bond donors (Lipinski definition) is 0. The third-order valence-electron chi connectivity index (χ3n) is 17.1. The van der Waals surface area contributed by atoms with Gasteiger partial charge in [-0.3, -0.25) is 0 Å². The fraction of sp³-hybridized carbons (Fsp3) is 0.605. The molecule has 0 fully saturated rings. The second-order valence-electron chi connectivity index (χ2n) is 25.4. The minimum absolute atomic E-state index is 0.159. The van der Waals surface area contributed by atoms with Gasteiger partial charge in [-0.2, -0.15) is 0 Å². The second-order valence-corrected chi connectivity index (χ2v) is 25.4. The molecule has 0 spiro atoms. The molecule has 0 atom stereocenters. The van der Waals surface area contributed by atoms with Crippen molar-refractivity contribution in [3.63, 3.8) is 0 Å². The Labute approximate surface area is 506 Å². The van der Waals surface area contributed by atoms with Crippen LogP contribution in [-0.4, -0.2) is 77.3 Å². The SMILES string of the molecule is CCCCCCCCCCCCCCCC[N+](C)(C)CCCc1ccccc1.CCCCCCCCCCCCCCCC[N+](C)(C)CCCc1ccccc1.[O-]B([O-])OCCCC(c1ccccc1)(c1ccccc1)c1ccccc1. The highest BCUT2D eigenvalue weighted by Gasteiger charge is 2.35. The minimum atomic E-state index is -2.23. The van der Waals surface area contributed by atoms with Gasteiger partial charge in [-0.05, 0) is 79.2 Å². The van der Waals surface area contributed by atoms with Crippen LogP contribution in [0.5, 0.6) is 0 Å². The lowest BCUT2D eigenvalue weighted by atomic mass is 9.67. The maximum atomic E-state index is 10.7. The van der Waals surface area contributed by atoms with Crippen LogP contribution in [0.4, 0.5) is 0 Å². The van der Waals surface area contributed by atoms with Gasteiger partial charge in [0.05, 0.1) is 61.7 Å². The Morgan fingerprint density at radius 3 is 0.829 bits per heavy atom. The highest BCUT2D eigenvalue weighted by molar-refractivity contribution is 6.28. The average Bonchev–Trinajstić information content (AvgIpc) is 3.69. The summed E-state index contributed by atoms with van der Waals surface area (Å²) in [6, 6.07) is 52.9. The lowest BCUT2D eigenvalue weighted by Gasteiger charge is -2.37. The van der Waals surface area contributed by atoms with Crippen LogP contribution >= 0.6 is 0 Å². The molecule has 6 heteroatoms. The summed E-state index contributed by atoms with van der Waals surface area (Å²) in [4.78, 5) is 0. The molecule has 82 heavy (non-hydrogen) atoms. The smallest absolute Gasteiger partial charge is 0.0785 e. The van der Waals surface area contributed by atoms with E-state index in [1.165, 1.54) is 268 Å². The highest BCUT2D eigenvalue weighted by Crippen LogP contribution is 2.43. The predicted octanol–water partition coefficient (Wildman–Crippen LogP) is 18.9. The monoisotopic (exact) mass is 1120 g/mol. The van der Waals surface area contributed by atoms with Gasteiger partial charge in [0.1, 0.15) is 0 Å². The maximum Gasteiger partial charge on any atom is 0.0785 e. The summed E-state index contributed by atoms with van der Waals surface area (Å²) in [5, 5.41) is 21.4. The average molecular weight is 1120 g/mol. The van der Waals surface area contributed by atoms with E-state index in [-0.39, 0.29) is 12.0 Å². The van der Waals surface area contributed by atoms with E-state index in [4.69, 9.17) is 4.65 Å². The lowest BCUT2D eigenvalue weighted by Crippen LogP contribution is -2.48. The van der Waals surface area contributed by atoms with Crippen molar-refractivity contribution in [3.8, 4) is 0 Å². The summed E-state index contributed by atoms with van der Waals surface area (Å²) in [5.74, 6) is 0. The van der Waals surface area contributed by atoms with Gasteiger partial charge in [0, 0.05) is 24.9 Å². The van der Waals surface area contributed by atoms with Gasteiger partial charge in [-0.25, -0.2) is 0 Å². The third-order valence-corrected chi connectivity index (χ3v) is 17.1. The predicted molar refractivity (Wildman–Crippen MR) is 354 cm³/mol. The normalized spacial score (nSPS) is 11.7. The Kier molecular flexibility index (Phi) is 41.6. The van der Waals surface area contributed by atoms with Crippen molar-refractivity contribution in [2.24, 2.45) is 0 Å². The Balaban J connectivity index is 0.000000323. The molecule has 0 saturated heterocycles. The first-order valence-corrected chi connectivity index (χ1v) is 33.8. The number of aryl methyl sites for hydroxylation is 2. The number of quaternary nitrogens is 2. The molecule has 5 aromatic carbocycles. The van der Waals surface area contributed by atoms with Crippen LogP contribution in [0.3, 0.4) is 0 Å². The van der Waals surface area contributed by atoms with Crippen molar-refractivity contribution in [3.05, 3.63) is 179 Å². The summed E-state index contributed by atoms with van der Waals surface area (Å²) < 4.78 is 7.10. The Morgan fingerprint density at radius 1 is 0.317 bits per heavy atom. The molecule has 0 amide bonds. The maximum absolute atomic E-state index is 10.7. The molecule has 0 aliphatic heterocycles. The summed E-state index contributed by atoms with van der Waals surface area (Å²) in [6.07, 6.45) is 46.9. The van der Waals surface area contributed by atoms with Crippen LogP contribution in [0.15, 0.2) is 152 Å². The molecule has 5 aromatic rings. The summed E-state index contributed by atoms with van der Waals surface area (Å²) in [7, 11) is 7.41. The van der Waals surface area contributed by atoms with Gasteiger partial charge >= 0.3 is 0 Å². The summed E-state index contributed by atoms with van der Waals surface area (Å²) in [6.45, 7) is 10.0. The van der Waals surface area contributed by atoms with E-state index in [1.807, 2.05) is 54.6 Å². The molecule has 456 valence electrons. The topological polar surface area (TPSA) is 55.3 Å². The first kappa shape index (κ1) is 72.2. The summed E-state index contributed by atoms with van der Waals surface area (Å²) >= 11 is 0. The van der Waals surface area contributed by atoms with Crippen molar-refractivity contribution < 1.29 is 23.7 Å². The van der Waals surface area contributed by atoms with Crippen molar-refractivity contribution in [2.75, 3.05) is 61.0 Å². The second kappa shape index (κ2) is 47.2. The van der Waals surface area contributed by atoms with Crippen LogP contribution in [0.2, 0.25) is 0 Å². The quantitative estimate of drug-likeness (QED) is 0.0169. The molecule has 0 aliphatic carbocycles. The van der Waals surface area contributed by atoms with Crippen LogP contribution in [0.1, 0.15) is 247 Å². The standard InChI is InChI=1S/2C27H50N.C22H21BO3/c2*1-4-5-6-7-8-9-10-11-12-13-14-15-16-20-25-28(2,3)26-21-24-27-22-18-17-19-23-27;24-23(25)26-18-10-17-22(19-11-4-1-5-12-19,20-13-6-2-7-14-20)21-15-8-3-9-16-21/h2*17-19,22-23H,4-16,20-21,24-26H2,1-3H3;1-9,11-16H,10,17-18H2/q2*+1;-2. The Morgan fingerprint density at radius 2 is 0.561 bits per heavy atom. The van der Waals surface area contributed by atoms with Crippen LogP contribution in [0.25, 0.3) is 0 Å². The van der Waals surface area contributed by atoms with Crippen LogP contribution in [0, 0.1) is 0 Å². The molecule has 0 saturated carbocycles. The van der Waals surface area contributed by atoms with Crippen LogP contribution in [-0.2, 0) is 22.9 Å². The van der Waals surface area contributed by atoms with Gasteiger partial charge in [0.2, 0.25) is 0 Å². The first-order chi connectivity index (χ1) is 40.0. The zero-order valence-corrected chi connectivity index (χ0v) is 53.7. The molecule has 5 nitrogen and oxygen atoms in total. The zero-order chi connectivity index (χ0) is 58.9. The van der Waals surface area contributed by atoms with Crippen molar-refractivity contribution in [2.45, 2.75) is 238 Å². The van der Waals surface area contributed by atoms with Gasteiger partial charge in [-0.1, -0.05) is 320 Å². The molecule has 0 aromatic heterocycles. The van der Waals surface area contributed by atoms with E-state index in [1.54, 1.807) is 0 Å². The largest absolute Gasteiger partial charge is 0.871 e. The van der Waals surface area contributed by atoms with E-state index in [9.17, 15) is 10.0 Å². The molecular weight excluding hydrogens is 1000 g/mol. The van der Waals surface area contributed by atoms with E-state index in [0.29, 0.717) is 6.42 Å². The molecule has 0 radical (unpaired) electrons. The number of benzene rings is 5. The Bertz CT molecular complexity index is 1950. The van der Waals surface area contributed by atoms with Gasteiger partial charge in [0.15, 0.2) is 0 Å². The molecular formula is C76H121BN2O3. The summed E-state index contributed by atoms with van der Waals surface area (Å²) in [5.41, 5.74) is 6.14. The van der Waals surface area contributed by atoms with E-state index in [2.05, 4.69) is 139 Å². The number of hydrogen-bond acceptors (Lipinski definition) is 3. The number of rotatable bonds is 46. The molecule has 5 rings (SSSR count). The first-order valence-electron chi connectivity index (χ1n) is 33.8. The fourth-order valence-electron chi connectivity index (χ4n) is 12.0. The van der Waals surface area contributed by atoms with Gasteiger partial charge in [-0.15, -0.1) is 0 Å². The fourth-order valence-corrected chi connectivity index (χ4v) is 12.0. The molecule has 0 N–H and O–H groups in total. The molecule has 0 aliphatic rings. The van der Waals surface area contributed by atoms with Gasteiger partial charge < -0.3 is 23.7 Å². The zero-order valence-electron chi connectivity index (χ0n) is 53.7. The number of nitrogens with zero attached hydrogens (tertiary/aromatic N) is 2. The van der Waals surface area contributed by atoms with Crippen LogP contribution < -0.4 is 10.0 Å². The number of unbranched alkanes of at least 4 members (excludes halogenated alkanes) is 26. The van der Waals surface area contributed by atoms with Crippen molar-refractivity contribution in [1.82, 2.24) is 0 Å². The van der Waals surface area contributed by atoms with E-state index in [0.717, 1.165) is 6.42 Å². The third kappa shape index (κ3) is 35.3.